The molecule has 0 radical (unpaired) electrons. The molecule has 2 heterocycles. The van der Waals surface area contributed by atoms with Gasteiger partial charge in [-0.1, -0.05) is 6.07 Å². The van der Waals surface area contributed by atoms with E-state index in [1.165, 1.54) is 18.3 Å². The highest BCUT2D eigenvalue weighted by molar-refractivity contribution is 7.89. The first-order chi connectivity index (χ1) is 14.1. The summed E-state index contributed by atoms with van der Waals surface area (Å²) in [6, 6.07) is 2.91. The number of ether oxygens (including phenoxy) is 1. The molecule has 0 amide bonds. The minimum absolute atomic E-state index is 0.00680. The first-order valence-corrected chi connectivity index (χ1v) is 12.6. The molecule has 0 spiro atoms. The Kier molecular flexibility index (Phi) is 6.76. The SMILES string of the molecule is Cc1cc(C)c(C)c(S(=O)(=O)N[C@@H](C)C(=O)OCc2csc(-c3ccsc3)n2)c1C. The Balaban J connectivity index is 1.67. The Bertz CT molecular complexity index is 1140. The summed E-state index contributed by atoms with van der Waals surface area (Å²) < 4.78 is 33.7. The molecule has 160 valence electrons. The lowest BCUT2D eigenvalue weighted by Crippen LogP contribution is -2.40. The van der Waals surface area contributed by atoms with Crippen molar-refractivity contribution >= 4 is 38.7 Å². The number of carbonyl (C=O) groups is 1. The summed E-state index contributed by atoms with van der Waals surface area (Å²) in [5, 5.41) is 6.67. The highest BCUT2D eigenvalue weighted by Gasteiger charge is 2.27. The first kappa shape index (κ1) is 22.6. The Hall–Kier alpha value is -2.07. The van der Waals surface area contributed by atoms with Crippen molar-refractivity contribution in [2.75, 3.05) is 0 Å². The van der Waals surface area contributed by atoms with Gasteiger partial charge in [0.05, 0.1) is 10.6 Å². The van der Waals surface area contributed by atoms with Crippen LogP contribution >= 0.6 is 22.7 Å². The molecule has 0 fully saturated rings. The van der Waals surface area contributed by atoms with Gasteiger partial charge in [-0.05, 0) is 68.3 Å². The fourth-order valence-corrected chi connectivity index (χ4v) is 6.41. The van der Waals surface area contributed by atoms with E-state index in [0.717, 1.165) is 21.7 Å². The van der Waals surface area contributed by atoms with E-state index in [-0.39, 0.29) is 11.5 Å². The van der Waals surface area contributed by atoms with Crippen molar-refractivity contribution in [1.82, 2.24) is 9.71 Å². The molecule has 0 aliphatic heterocycles. The molecule has 9 heteroatoms. The number of aromatic nitrogens is 1. The Morgan fingerprint density at radius 2 is 1.83 bits per heavy atom. The average Bonchev–Trinajstić information content (AvgIpc) is 3.35. The minimum Gasteiger partial charge on any atom is -0.458 e. The highest BCUT2D eigenvalue weighted by atomic mass is 32.2. The van der Waals surface area contributed by atoms with Crippen molar-refractivity contribution in [3.63, 3.8) is 0 Å². The van der Waals surface area contributed by atoms with Crippen LogP contribution < -0.4 is 4.72 Å². The maximum absolute atomic E-state index is 13.0. The van der Waals surface area contributed by atoms with Gasteiger partial charge in [0, 0.05) is 16.3 Å². The normalized spacial score (nSPS) is 12.7. The number of thiophene rings is 1. The van der Waals surface area contributed by atoms with Gasteiger partial charge < -0.3 is 4.74 Å². The second-order valence-corrected chi connectivity index (χ2v) is 10.5. The smallest absolute Gasteiger partial charge is 0.324 e. The highest BCUT2D eigenvalue weighted by Crippen LogP contribution is 2.27. The third kappa shape index (κ3) is 4.80. The molecule has 2 aromatic heterocycles. The van der Waals surface area contributed by atoms with Gasteiger partial charge in [-0.25, -0.2) is 13.4 Å². The predicted octanol–water partition coefficient (Wildman–Crippen LogP) is 4.52. The van der Waals surface area contributed by atoms with Gasteiger partial charge in [0.25, 0.3) is 0 Å². The van der Waals surface area contributed by atoms with E-state index in [4.69, 9.17) is 4.74 Å². The van der Waals surface area contributed by atoms with Crippen molar-refractivity contribution in [2.45, 2.75) is 52.2 Å². The van der Waals surface area contributed by atoms with E-state index >= 15 is 0 Å². The van der Waals surface area contributed by atoms with Crippen LogP contribution in [0.5, 0.6) is 0 Å². The topological polar surface area (TPSA) is 85.4 Å². The van der Waals surface area contributed by atoms with Crippen molar-refractivity contribution in [2.24, 2.45) is 0 Å². The van der Waals surface area contributed by atoms with E-state index in [2.05, 4.69) is 9.71 Å². The molecule has 0 saturated heterocycles. The third-order valence-electron chi connectivity index (χ3n) is 4.93. The zero-order valence-corrected chi connectivity index (χ0v) is 19.9. The van der Waals surface area contributed by atoms with E-state index < -0.39 is 22.0 Å². The fourth-order valence-electron chi connectivity index (χ4n) is 3.09. The molecular weight excluding hydrogens is 440 g/mol. The summed E-state index contributed by atoms with van der Waals surface area (Å²) >= 11 is 3.06. The van der Waals surface area contributed by atoms with Crippen LogP contribution in [0.4, 0.5) is 0 Å². The first-order valence-electron chi connectivity index (χ1n) is 9.33. The fraction of sp³-hybridized carbons (Fsp3) is 0.333. The maximum atomic E-state index is 13.0. The van der Waals surface area contributed by atoms with Gasteiger partial charge >= 0.3 is 5.97 Å². The maximum Gasteiger partial charge on any atom is 0.324 e. The number of hydrogen-bond donors (Lipinski definition) is 1. The van der Waals surface area contributed by atoms with E-state index in [1.807, 2.05) is 42.1 Å². The van der Waals surface area contributed by atoms with Crippen LogP contribution in [-0.2, 0) is 26.2 Å². The van der Waals surface area contributed by atoms with Crippen LogP contribution in [0.15, 0.2) is 33.2 Å². The van der Waals surface area contributed by atoms with E-state index in [9.17, 15) is 13.2 Å². The molecule has 0 aliphatic carbocycles. The number of hydrogen-bond acceptors (Lipinski definition) is 7. The van der Waals surface area contributed by atoms with Gasteiger partial charge in [0.1, 0.15) is 17.7 Å². The van der Waals surface area contributed by atoms with Gasteiger partial charge in [-0.2, -0.15) is 16.1 Å². The van der Waals surface area contributed by atoms with E-state index in [1.54, 1.807) is 25.2 Å². The lowest BCUT2D eigenvalue weighted by atomic mass is 10.0. The average molecular weight is 465 g/mol. The Morgan fingerprint density at radius 1 is 1.17 bits per heavy atom. The zero-order valence-electron chi connectivity index (χ0n) is 17.5. The molecule has 3 aromatic rings. The standard InChI is InChI=1S/C21H24N2O4S3/c1-12-8-13(2)15(4)19(14(12)3)30(25,26)23-16(5)21(24)27-9-18-11-29-20(22-18)17-6-7-28-10-17/h6-8,10-11,16,23H,9H2,1-5H3/t16-/m0/s1. The van der Waals surface area contributed by atoms with Crippen molar-refractivity contribution in [3.05, 3.63) is 56.2 Å². The number of nitrogens with zero attached hydrogens (tertiary/aromatic N) is 1. The van der Waals surface area contributed by atoms with Crippen LogP contribution in [0, 0.1) is 27.7 Å². The number of rotatable bonds is 7. The third-order valence-corrected chi connectivity index (χ3v) is 8.37. The molecule has 1 atom stereocenters. The quantitative estimate of drug-likeness (QED) is 0.520. The minimum atomic E-state index is -3.88. The summed E-state index contributed by atoms with van der Waals surface area (Å²) in [6.07, 6.45) is 0. The summed E-state index contributed by atoms with van der Waals surface area (Å²) in [7, 11) is -3.88. The van der Waals surface area contributed by atoms with Crippen molar-refractivity contribution in [3.8, 4) is 10.6 Å². The second-order valence-electron chi connectivity index (χ2n) is 7.20. The lowest BCUT2D eigenvalue weighted by Gasteiger charge is -2.18. The number of thiazole rings is 1. The molecule has 6 nitrogen and oxygen atoms in total. The molecule has 0 bridgehead atoms. The van der Waals surface area contributed by atoms with Crippen LogP contribution in [-0.4, -0.2) is 25.4 Å². The van der Waals surface area contributed by atoms with Crippen LogP contribution in [0.1, 0.15) is 34.9 Å². The van der Waals surface area contributed by atoms with Crippen LogP contribution in [0.25, 0.3) is 10.6 Å². The van der Waals surface area contributed by atoms with Crippen molar-refractivity contribution in [1.29, 1.82) is 0 Å². The number of carbonyl (C=O) groups excluding carboxylic acids is 1. The number of esters is 1. The molecule has 0 aliphatic rings. The van der Waals surface area contributed by atoms with Crippen LogP contribution in [0.2, 0.25) is 0 Å². The number of sulfonamides is 1. The molecule has 3 rings (SSSR count). The van der Waals surface area contributed by atoms with Gasteiger partial charge in [0.2, 0.25) is 10.0 Å². The van der Waals surface area contributed by atoms with Crippen molar-refractivity contribution < 1.29 is 17.9 Å². The predicted molar refractivity (Wildman–Crippen MR) is 120 cm³/mol. The van der Waals surface area contributed by atoms with Gasteiger partial charge in [0.15, 0.2) is 0 Å². The molecule has 1 N–H and O–H groups in total. The van der Waals surface area contributed by atoms with Gasteiger partial charge in [-0.15, -0.1) is 11.3 Å². The Morgan fingerprint density at radius 3 is 2.43 bits per heavy atom. The number of nitrogens with one attached hydrogen (secondary N) is 1. The largest absolute Gasteiger partial charge is 0.458 e. The summed E-state index contributed by atoms with van der Waals surface area (Å²) in [5.41, 5.74) is 4.79. The summed E-state index contributed by atoms with van der Waals surface area (Å²) in [5.74, 6) is -0.650. The lowest BCUT2D eigenvalue weighted by molar-refractivity contribution is -0.146. The monoisotopic (exact) mass is 464 g/mol. The second kappa shape index (κ2) is 8.97. The Labute approximate surface area is 185 Å². The molecular formula is C21H24N2O4S3. The van der Waals surface area contributed by atoms with Gasteiger partial charge in [-0.3, -0.25) is 4.79 Å². The molecule has 1 aromatic carbocycles. The summed E-state index contributed by atoms with van der Waals surface area (Å²) in [6.45, 7) is 8.75. The van der Waals surface area contributed by atoms with Crippen LogP contribution in [0.3, 0.4) is 0 Å². The number of aryl methyl sites for hydroxylation is 2. The van der Waals surface area contributed by atoms with E-state index in [0.29, 0.717) is 16.8 Å². The molecule has 0 unspecified atom stereocenters. The zero-order chi connectivity index (χ0) is 22.1. The molecule has 30 heavy (non-hydrogen) atoms. The number of benzene rings is 1. The summed E-state index contributed by atoms with van der Waals surface area (Å²) in [4.78, 5) is 17.1. The molecule has 0 saturated carbocycles.